The van der Waals surface area contributed by atoms with Gasteiger partial charge in [0.15, 0.2) is 0 Å². The molecule has 0 saturated carbocycles. The number of nitrogens with one attached hydrogen (secondary N) is 1. The van der Waals surface area contributed by atoms with Gasteiger partial charge in [0.05, 0.1) is 5.69 Å². The Balaban J connectivity index is 1.95. The minimum Gasteiger partial charge on any atom is -0.381 e. The zero-order valence-corrected chi connectivity index (χ0v) is 9.20. The van der Waals surface area contributed by atoms with E-state index in [2.05, 4.69) is 23.3 Å². The molecule has 1 unspecified atom stereocenters. The maximum atomic E-state index is 5.43. The molecule has 0 amide bonds. The molecule has 2 rings (SSSR count). The van der Waals surface area contributed by atoms with E-state index < -0.39 is 0 Å². The molecule has 1 aromatic heterocycles. The summed E-state index contributed by atoms with van der Waals surface area (Å²) >= 11 is 0. The summed E-state index contributed by atoms with van der Waals surface area (Å²) in [5.74, 6) is 0. The third kappa shape index (κ3) is 3.20. The Hall–Kier alpha value is -1.09. The lowest BCUT2D eigenvalue weighted by molar-refractivity contribution is 0.144. The van der Waals surface area contributed by atoms with Crippen LogP contribution in [0, 0.1) is 6.92 Å². The van der Waals surface area contributed by atoms with Crippen LogP contribution >= 0.6 is 0 Å². The summed E-state index contributed by atoms with van der Waals surface area (Å²) < 4.78 is 5.43. The average Bonchev–Trinajstić information content (AvgIpc) is 2.46. The van der Waals surface area contributed by atoms with Gasteiger partial charge in [-0.1, -0.05) is 0 Å². The van der Waals surface area contributed by atoms with Crippen molar-refractivity contribution in [3.63, 3.8) is 0 Å². The van der Waals surface area contributed by atoms with Gasteiger partial charge in [0, 0.05) is 31.6 Å². The zero-order chi connectivity index (χ0) is 10.5. The predicted octanol–water partition coefficient (Wildman–Crippen LogP) is 2.37. The van der Waals surface area contributed by atoms with Gasteiger partial charge in [0.1, 0.15) is 0 Å². The minimum absolute atomic E-state index is 0.538. The van der Waals surface area contributed by atoms with Crippen molar-refractivity contribution in [2.45, 2.75) is 32.2 Å². The fourth-order valence-corrected chi connectivity index (χ4v) is 1.92. The molecule has 0 aliphatic carbocycles. The Kier molecular flexibility index (Phi) is 3.56. The van der Waals surface area contributed by atoms with Crippen molar-refractivity contribution in [3.8, 4) is 0 Å². The third-order valence-corrected chi connectivity index (χ3v) is 2.70. The van der Waals surface area contributed by atoms with E-state index in [1.165, 1.54) is 12.0 Å². The molecule has 3 nitrogen and oxygen atoms in total. The number of ether oxygens (including phenoxy) is 1. The molecule has 82 valence electrons. The van der Waals surface area contributed by atoms with Crippen LogP contribution in [0.1, 0.15) is 24.8 Å². The maximum absolute atomic E-state index is 5.43. The van der Waals surface area contributed by atoms with Crippen LogP contribution in [0.4, 0.5) is 5.69 Å². The summed E-state index contributed by atoms with van der Waals surface area (Å²) in [5, 5.41) is 3.52. The lowest BCUT2D eigenvalue weighted by atomic mass is 10.1. The van der Waals surface area contributed by atoms with Gasteiger partial charge in [-0.15, -0.1) is 0 Å². The zero-order valence-electron chi connectivity index (χ0n) is 9.20. The Bertz CT molecular complexity index is 306. The molecule has 0 aromatic carbocycles. The summed E-state index contributed by atoms with van der Waals surface area (Å²) in [5.41, 5.74) is 2.33. The SMILES string of the molecule is Cc1cncc(NC2CCCOCC2)c1. The van der Waals surface area contributed by atoms with Gasteiger partial charge in [0.25, 0.3) is 0 Å². The van der Waals surface area contributed by atoms with E-state index >= 15 is 0 Å². The molecule has 1 N–H and O–H groups in total. The topological polar surface area (TPSA) is 34.2 Å². The lowest BCUT2D eigenvalue weighted by Crippen LogP contribution is -2.19. The van der Waals surface area contributed by atoms with Gasteiger partial charge in [-0.2, -0.15) is 0 Å². The standard InChI is InChI=1S/C12H18N2O/c1-10-7-12(9-13-8-10)14-11-3-2-5-15-6-4-11/h7-9,11,14H,2-6H2,1H3. The molecule has 1 fully saturated rings. The first-order chi connectivity index (χ1) is 7.34. The highest BCUT2D eigenvalue weighted by molar-refractivity contribution is 5.43. The van der Waals surface area contributed by atoms with Crippen LogP contribution in [0.25, 0.3) is 0 Å². The van der Waals surface area contributed by atoms with E-state index in [1.54, 1.807) is 0 Å². The highest BCUT2D eigenvalue weighted by Gasteiger charge is 2.11. The van der Waals surface area contributed by atoms with Crippen LogP contribution in [-0.4, -0.2) is 24.2 Å². The van der Waals surface area contributed by atoms with Crippen molar-refractivity contribution < 1.29 is 4.74 Å². The highest BCUT2D eigenvalue weighted by atomic mass is 16.5. The lowest BCUT2D eigenvalue weighted by Gasteiger charge is -2.16. The minimum atomic E-state index is 0.538. The van der Waals surface area contributed by atoms with E-state index in [9.17, 15) is 0 Å². The molecule has 1 atom stereocenters. The Morgan fingerprint density at radius 2 is 2.27 bits per heavy atom. The highest BCUT2D eigenvalue weighted by Crippen LogP contribution is 2.15. The van der Waals surface area contributed by atoms with Crippen molar-refractivity contribution in [2.24, 2.45) is 0 Å². The second-order valence-electron chi connectivity index (χ2n) is 4.14. The summed E-state index contributed by atoms with van der Waals surface area (Å²) in [6.07, 6.45) is 7.19. The number of aryl methyl sites for hydroxylation is 1. The van der Waals surface area contributed by atoms with Crippen molar-refractivity contribution in [1.29, 1.82) is 0 Å². The van der Waals surface area contributed by atoms with Gasteiger partial charge >= 0.3 is 0 Å². The molecule has 1 aromatic rings. The molecule has 0 bridgehead atoms. The van der Waals surface area contributed by atoms with Gasteiger partial charge in [-0.05, 0) is 37.8 Å². The molecule has 1 aliphatic heterocycles. The van der Waals surface area contributed by atoms with Crippen LogP contribution in [0.3, 0.4) is 0 Å². The molecular weight excluding hydrogens is 188 g/mol. The van der Waals surface area contributed by atoms with Crippen molar-refractivity contribution >= 4 is 5.69 Å². The first-order valence-corrected chi connectivity index (χ1v) is 5.60. The maximum Gasteiger partial charge on any atom is 0.0531 e. The summed E-state index contributed by atoms with van der Waals surface area (Å²) in [4.78, 5) is 4.18. The number of pyridine rings is 1. The monoisotopic (exact) mass is 206 g/mol. The molecule has 2 heterocycles. The molecule has 15 heavy (non-hydrogen) atoms. The number of hydrogen-bond donors (Lipinski definition) is 1. The first kappa shape index (κ1) is 10.4. The number of rotatable bonds is 2. The van der Waals surface area contributed by atoms with E-state index in [1.807, 2.05) is 12.4 Å². The van der Waals surface area contributed by atoms with Crippen LogP contribution in [-0.2, 0) is 4.74 Å². The molecule has 1 aliphatic rings. The molecule has 3 heteroatoms. The van der Waals surface area contributed by atoms with Crippen LogP contribution in [0.5, 0.6) is 0 Å². The van der Waals surface area contributed by atoms with Crippen molar-refractivity contribution in [3.05, 3.63) is 24.0 Å². The molecule has 1 saturated heterocycles. The fourth-order valence-electron chi connectivity index (χ4n) is 1.92. The number of hydrogen-bond acceptors (Lipinski definition) is 3. The number of anilines is 1. The second kappa shape index (κ2) is 5.12. The Morgan fingerprint density at radius 1 is 1.33 bits per heavy atom. The summed E-state index contributed by atoms with van der Waals surface area (Å²) in [6, 6.07) is 2.68. The van der Waals surface area contributed by atoms with Crippen LogP contribution in [0.2, 0.25) is 0 Å². The van der Waals surface area contributed by atoms with Gasteiger partial charge in [-0.3, -0.25) is 4.98 Å². The molecular formula is C12H18N2O. The van der Waals surface area contributed by atoms with Gasteiger partial charge < -0.3 is 10.1 Å². The fraction of sp³-hybridized carbons (Fsp3) is 0.583. The first-order valence-electron chi connectivity index (χ1n) is 5.60. The van der Waals surface area contributed by atoms with E-state index in [-0.39, 0.29) is 0 Å². The van der Waals surface area contributed by atoms with E-state index in [0.717, 1.165) is 31.7 Å². The third-order valence-electron chi connectivity index (χ3n) is 2.70. The Labute approximate surface area is 90.9 Å². The summed E-state index contributed by atoms with van der Waals surface area (Å²) in [7, 11) is 0. The largest absolute Gasteiger partial charge is 0.381 e. The van der Waals surface area contributed by atoms with Crippen LogP contribution in [0.15, 0.2) is 18.5 Å². The molecule has 0 radical (unpaired) electrons. The Morgan fingerprint density at radius 3 is 3.13 bits per heavy atom. The van der Waals surface area contributed by atoms with Crippen molar-refractivity contribution in [2.75, 3.05) is 18.5 Å². The van der Waals surface area contributed by atoms with Crippen LogP contribution < -0.4 is 5.32 Å². The van der Waals surface area contributed by atoms with Crippen molar-refractivity contribution in [1.82, 2.24) is 4.98 Å². The number of nitrogens with zero attached hydrogens (tertiary/aromatic N) is 1. The molecule has 0 spiro atoms. The quantitative estimate of drug-likeness (QED) is 0.806. The van der Waals surface area contributed by atoms with E-state index in [0.29, 0.717) is 6.04 Å². The number of aromatic nitrogens is 1. The summed E-state index contributed by atoms with van der Waals surface area (Å²) in [6.45, 7) is 3.84. The smallest absolute Gasteiger partial charge is 0.0531 e. The van der Waals surface area contributed by atoms with Gasteiger partial charge in [0.2, 0.25) is 0 Å². The second-order valence-corrected chi connectivity index (χ2v) is 4.14. The predicted molar refractivity (Wildman–Crippen MR) is 61.1 cm³/mol. The normalized spacial score (nSPS) is 22.1. The average molecular weight is 206 g/mol. The van der Waals surface area contributed by atoms with E-state index in [4.69, 9.17) is 4.74 Å². The van der Waals surface area contributed by atoms with Gasteiger partial charge in [-0.25, -0.2) is 0 Å².